The highest BCUT2D eigenvalue weighted by Gasteiger charge is 2.26. The molecule has 0 saturated heterocycles. The number of Topliss-reactive ketones (excluding diaryl/α,β-unsaturated/α-hetero) is 1. The largest absolute Gasteiger partial charge is 0.302 e. The molecule has 0 aliphatic heterocycles. The zero-order valence-electron chi connectivity index (χ0n) is 12.9. The van der Waals surface area contributed by atoms with Gasteiger partial charge in [-0.15, -0.1) is 11.3 Å². The van der Waals surface area contributed by atoms with E-state index in [1.807, 2.05) is 44.2 Å². The van der Waals surface area contributed by atoms with Crippen LogP contribution in [0, 0.1) is 5.41 Å². The van der Waals surface area contributed by atoms with Crippen LogP contribution in [0.2, 0.25) is 5.02 Å². The summed E-state index contributed by atoms with van der Waals surface area (Å²) in [6.45, 7) is 3.99. The number of amides is 1. The van der Waals surface area contributed by atoms with Crippen LogP contribution in [0.15, 0.2) is 36.0 Å². The smallest absolute Gasteiger partial charge is 0.281 e. The molecule has 1 aliphatic rings. The van der Waals surface area contributed by atoms with Gasteiger partial charge in [0, 0.05) is 28.6 Å². The van der Waals surface area contributed by atoms with Gasteiger partial charge in [0.05, 0.1) is 5.02 Å². The lowest BCUT2D eigenvalue weighted by atomic mass is 9.81. The van der Waals surface area contributed by atoms with Crippen LogP contribution in [0.25, 0.3) is 10.1 Å². The molecule has 23 heavy (non-hydrogen) atoms. The normalized spacial score (nSPS) is 17.0. The number of halogens is 1. The van der Waals surface area contributed by atoms with Crippen LogP contribution in [0.4, 0.5) is 0 Å². The molecule has 1 aliphatic carbocycles. The summed E-state index contributed by atoms with van der Waals surface area (Å²) in [5, 5.41) is 1.33. The van der Waals surface area contributed by atoms with Gasteiger partial charge < -0.3 is 5.43 Å². The molecular formula is C17H17ClN2O2S. The maximum Gasteiger partial charge on any atom is 0.281 e. The van der Waals surface area contributed by atoms with Crippen molar-refractivity contribution in [1.29, 1.82) is 0 Å². The van der Waals surface area contributed by atoms with Crippen molar-refractivity contribution in [3.8, 4) is 0 Å². The van der Waals surface area contributed by atoms with Crippen molar-refractivity contribution >= 4 is 44.7 Å². The van der Waals surface area contributed by atoms with Crippen molar-refractivity contribution < 1.29 is 9.59 Å². The van der Waals surface area contributed by atoms with E-state index in [1.165, 1.54) is 11.3 Å². The molecule has 0 atom stereocenters. The highest BCUT2D eigenvalue weighted by molar-refractivity contribution is 7.21. The number of allylic oxidation sites excluding steroid dienone is 2. The van der Waals surface area contributed by atoms with E-state index in [0.717, 1.165) is 15.8 Å². The van der Waals surface area contributed by atoms with Crippen LogP contribution in [0.1, 0.15) is 36.4 Å². The van der Waals surface area contributed by atoms with Crippen molar-refractivity contribution in [1.82, 2.24) is 10.9 Å². The van der Waals surface area contributed by atoms with E-state index in [0.29, 0.717) is 22.7 Å². The number of carbonyl (C=O) groups is 2. The SMILES string of the molecule is CC1(C)C=C(NNC(=O)c2sc3ccccc3c2Cl)CC(=O)C1. The van der Waals surface area contributed by atoms with Gasteiger partial charge in [-0.05, 0) is 11.5 Å². The molecule has 2 N–H and O–H groups in total. The second-order valence-electron chi connectivity index (χ2n) is 6.37. The van der Waals surface area contributed by atoms with E-state index in [4.69, 9.17) is 11.6 Å². The predicted octanol–water partition coefficient (Wildman–Crippen LogP) is 4.06. The molecule has 1 aromatic carbocycles. The van der Waals surface area contributed by atoms with Crippen LogP contribution in [0.5, 0.6) is 0 Å². The molecule has 0 unspecified atom stereocenters. The minimum absolute atomic E-state index is 0.161. The summed E-state index contributed by atoms with van der Waals surface area (Å²) < 4.78 is 0.968. The summed E-state index contributed by atoms with van der Waals surface area (Å²) in [6, 6.07) is 7.63. The zero-order valence-corrected chi connectivity index (χ0v) is 14.5. The molecule has 0 fully saturated rings. The van der Waals surface area contributed by atoms with Gasteiger partial charge >= 0.3 is 0 Å². The van der Waals surface area contributed by atoms with Crippen molar-refractivity contribution in [2.45, 2.75) is 26.7 Å². The van der Waals surface area contributed by atoms with E-state index in [-0.39, 0.29) is 17.1 Å². The summed E-state index contributed by atoms with van der Waals surface area (Å²) in [5.41, 5.74) is 6.03. The van der Waals surface area contributed by atoms with E-state index in [9.17, 15) is 9.59 Å². The summed E-state index contributed by atoms with van der Waals surface area (Å²) in [5.74, 6) is -0.137. The quantitative estimate of drug-likeness (QED) is 0.822. The van der Waals surface area contributed by atoms with Gasteiger partial charge in [-0.1, -0.05) is 49.7 Å². The number of ketones is 1. The van der Waals surface area contributed by atoms with Gasteiger partial charge in [0.25, 0.3) is 5.91 Å². The second-order valence-corrected chi connectivity index (χ2v) is 7.80. The lowest BCUT2D eigenvalue weighted by molar-refractivity contribution is -0.120. The molecular weight excluding hydrogens is 332 g/mol. The number of hydrogen-bond donors (Lipinski definition) is 2. The Labute approximate surface area is 143 Å². The predicted molar refractivity (Wildman–Crippen MR) is 93.5 cm³/mol. The maximum absolute atomic E-state index is 12.4. The summed E-state index contributed by atoms with van der Waals surface area (Å²) in [4.78, 5) is 24.6. The minimum atomic E-state index is -0.298. The number of rotatable bonds is 3. The molecule has 6 heteroatoms. The molecule has 0 spiro atoms. The van der Waals surface area contributed by atoms with E-state index in [1.54, 1.807) is 0 Å². The molecule has 1 amide bonds. The fourth-order valence-corrected chi connectivity index (χ4v) is 4.20. The number of nitrogens with one attached hydrogen (secondary N) is 2. The molecule has 2 aromatic rings. The molecule has 1 heterocycles. The Morgan fingerprint density at radius 2 is 2.04 bits per heavy atom. The highest BCUT2D eigenvalue weighted by Crippen LogP contribution is 2.35. The molecule has 0 saturated carbocycles. The third-order valence-corrected chi connectivity index (χ3v) is 5.36. The Bertz CT molecular complexity index is 823. The lowest BCUT2D eigenvalue weighted by Gasteiger charge is -2.27. The third-order valence-electron chi connectivity index (χ3n) is 3.68. The van der Waals surface area contributed by atoms with Gasteiger partial charge in [-0.25, -0.2) is 0 Å². The number of hydrogen-bond acceptors (Lipinski definition) is 4. The van der Waals surface area contributed by atoms with Crippen LogP contribution in [0.3, 0.4) is 0 Å². The standard InChI is InChI=1S/C17H17ClN2O2S/c1-17(2)8-10(7-11(21)9-17)19-20-16(22)15-14(18)12-5-3-4-6-13(12)23-15/h3-6,8,19H,7,9H2,1-2H3,(H,20,22). The second kappa shape index (κ2) is 5.98. The average Bonchev–Trinajstić information content (AvgIpc) is 2.80. The van der Waals surface area contributed by atoms with Crippen LogP contribution >= 0.6 is 22.9 Å². The fourth-order valence-electron chi connectivity index (χ4n) is 2.79. The van der Waals surface area contributed by atoms with Crippen LogP contribution in [-0.2, 0) is 4.79 Å². The summed E-state index contributed by atoms with van der Waals surface area (Å²) in [6.07, 6.45) is 2.82. The number of carbonyl (C=O) groups excluding carboxylic acids is 2. The van der Waals surface area contributed by atoms with Crippen molar-refractivity contribution in [3.63, 3.8) is 0 Å². The first-order valence-electron chi connectivity index (χ1n) is 7.32. The minimum Gasteiger partial charge on any atom is -0.302 e. The number of thiophene rings is 1. The highest BCUT2D eigenvalue weighted by atomic mass is 35.5. The first kappa shape index (κ1) is 16.0. The molecule has 4 nitrogen and oxygen atoms in total. The van der Waals surface area contributed by atoms with Crippen LogP contribution in [-0.4, -0.2) is 11.7 Å². The van der Waals surface area contributed by atoms with Gasteiger partial charge in [0.15, 0.2) is 0 Å². The van der Waals surface area contributed by atoms with E-state index >= 15 is 0 Å². The Hall–Kier alpha value is -1.85. The molecule has 0 radical (unpaired) electrons. The van der Waals surface area contributed by atoms with E-state index < -0.39 is 0 Å². The molecule has 1 aromatic heterocycles. The zero-order chi connectivity index (χ0) is 16.6. The first-order valence-corrected chi connectivity index (χ1v) is 8.52. The van der Waals surface area contributed by atoms with Crippen molar-refractivity contribution in [3.05, 3.63) is 45.9 Å². The summed E-state index contributed by atoms with van der Waals surface area (Å²) in [7, 11) is 0. The summed E-state index contributed by atoms with van der Waals surface area (Å²) >= 11 is 7.64. The van der Waals surface area contributed by atoms with Gasteiger partial charge in [-0.2, -0.15) is 0 Å². The number of hydrazine groups is 1. The van der Waals surface area contributed by atoms with Crippen molar-refractivity contribution in [2.75, 3.05) is 0 Å². The number of fused-ring (bicyclic) bond motifs is 1. The Morgan fingerprint density at radius 3 is 2.74 bits per heavy atom. The molecule has 120 valence electrons. The van der Waals surface area contributed by atoms with E-state index in [2.05, 4.69) is 10.9 Å². The Morgan fingerprint density at radius 1 is 1.30 bits per heavy atom. The number of benzene rings is 1. The molecule has 0 bridgehead atoms. The van der Waals surface area contributed by atoms with Gasteiger partial charge in [0.1, 0.15) is 10.7 Å². The van der Waals surface area contributed by atoms with Gasteiger partial charge in [0.2, 0.25) is 0 Å². The van der Waals surface area contributed by atoms with Crippen LogP contribution < -0.4 is 10.9 Å². The third kappa shape index (κ3) is 3.41. The lowest BCUT2D eigenvalue weighted by Crippen LogP contribution is -2.39. The first-order chi connectivity index (χ1) is 10.9. The fraction of sp³-hybridized carbons (Fsp3) is 0.294. The monoisotopic (exact) mass is 348 g/mol. The van der Waals surface area contributed by atoms with Crippen molar-refractivity contribution in [2.24, 2.45) is 5.41 Å². The topological polar surface area (TPSA) is 58.2 Å². The molecule has 3 rings (SSSR count). The Kier molecular flexibility index (Phi) is 4.17. The maximum atomic E-state index is 12.4. The van der Waals surface area contributed by atoms with Gasteiger partial charge in [-0.3, -0.25) is 15.0 Å². The average molecular weight is 349 g/mol. The Balaban J connectivity index is 1.75.